The molecule has 1 atom stereocenters. The Balaban J connectivity index is 1.88. The number of rotatable bonds is 3. The molecule has 0 bridgehead atoms. The van der Waals surface area contributed by atoms with E-state index in [4.69, 9.17) is 0 Å². The summed E-state index contributed by atoms with van der Waals surface area (Å²) in [5, 5.41) is 23.7. The van der Waals surface area contributed by atoms with Crippen molar-refractivity contribution >= 4 is 16.9 Å². The molecule has 3 aromatic rings. The van der Waals surface area contributed by atoms with Gasteiger partial charge in [0.15, 0.2) is 0 Å². The first-order valence-corrected chi connectivity index (χ1v) is 8.95. The highest BCUT2D eigenvalue weighted by Crippen LogP contribution is 2.45. The van der Waals surface area contributed by atoms with Gasteiger partial charge in [0.1, 0.15) is 17.5 Å². The van der Waals surface area contributed by atoms with Crippen LogP contribution in [0, 0.1) is 11.3 Å². The normalized spacial score (nSPS) is 19.9. The van der Waals surface area contributed by atoms with Crippen molar-refractivity contribution in [2.45, 2.75) is 31.5 Å². The van der Waals surface area contributed by atoms with Crippen molar-refractivity contribution in [2.24, 2.45) is 0 Å². The molecule has 4 rings (SSSR count). The van der Waals surface area contributed by atoms with Crippen molar-refractivity contribution in [3.8, 4) is 6.07 Å². The number of imidazole rings is 1. The Morgan fingerprint density at radius 2 is 1.97 bits per heavy atom. The predicted octanol–water partition coefficient (Wildman–Crippen LogP) is 3.75. The van der Waals surface area contributed by atoms with Crippen molar-refractivity contribution in [1.82, 2.24) is 19.6 Å². The topological polar surface area (TPSA) is 87.1 Å². The molecule has 1 aliphatic carbocycles. The van der Waals surface area contributed by atoms with Crippen LogP contribution in [-0.4, -0.2) is 30.4 Å². The summed E-state index contributed by atoms with van der Waals surface area (Å²) in [7, 11) is 0. The minimum Gasteiger partial charge on any atom is -0.384 e. The Morgan fingerprint density at radius 3 is 2.62 bits per heavy atom. The zero-order valence-corrected chi connectivity index (χ0v) is 15.8. The molecule has 8 heteroatoms. The molecule has 1 aliphatic rings. The average molecular weight is 393 g/mol. The van der Waals surface area contributed by atoms with Crippen LogP contribution >= 0.6 is 0 Å². The molecule has 0 aliphatic heterocycles. The highest BCUT2D eigenvalue weighted by molar-refractivity contribution is 5.92. The van der Waals surface area contributed by atoms with Crippen LogP contribution in [0.15, 0.2) is 54.6 Å². The van der Waals surface area contributed by atoms with Crippen molar-refractivity contribution in [3.63, 3.8) is 0 Å². The molecule has 0 radical (unpaired) electrons. The zero-order valence-electron chi connectivity index (χ0n) is 15.8. The van der Waals surface area contributed by atoms with Gasteiger partial charge in [-0.1, -0.05) is 36.4 Å². The molecule has 0 saturated heterocycles. The molecule has 0 saturated carbocycles. The van der Waals surface area contributed by atoms with Crippen LogP contribution in [0.5, 0.6) is 0 Å². The maximum Gasteiger partial charge on any atom is 0.251 e. The van der Waals surface area contributed by atoms with E-state index < -0.39 is 17.1 Å². The summed E-state index contributed by atoms with van der Waals surface area (Å²) in [4.78, 5) is 8.40. The molecule has 0 spiro atoms. The van der Waals surface area contributed by atoms with Crippen LogP contribution in [0.4, 0.5) is 8.78 Å². The maximum atomic E-state index is 15.5. The van der Waals surface area contributed by atoms with Crippen LogP contribution in [0.25, 0.3) is 16.9 Å². The highest BCUT2D eigenvalue weighted by atomic mass is 19.1. The predicted molar refractivity (Wildman–Crippen MR) is 103 cm³/mol. The van der Waals surface area contributed by atoms with Crippen LogP contribution < -0.4 is 0 Å². The third-order valence-electron chi connectivity index (χ3n) is 4.82. The third kappa shape index (κ3) is 3.09. The van der Waals surface area contributed by atoms with Gasteiger partial charge in [0, 0.05) is 17.6 Å². The zero-order chi connectivity index (χ0) is 20.8. The molecule has 146 valence electrons. The van der Waals surface area contributed by atoms with E-state index in [-0.39, 0.29) is 29.0 Å². The van der Waals surface area contributed by atoms with Gasteiger partial charge in [0.25, 0.3) is 5.78 Å². The molecule has 2 aromatic heterocycles. The van der Waals surface area contributed by atoms with Gasteiger partial charge in [-0.2, -0.15) is 14.9 Å². The smallest absolute Gasteiger partial charge is 0.251 e. The first-order chi connectivity index (χ1) is 13.7. The fraction of sp³-hybridized carbons (Fsp3) is 0.238. The molecule has 1 N–H and O–H groups in total. The number of allylic oxidation sites excluding steroid dienone is 4. The van der Waals surface area contributed by atoms with E-state index in [2.05, 4.69) is 15.1 Å². The van der Waals surface area contributed by atoms with E-state index >= 15 is 8.78 Å². The van der Waals surface area contributed by atoms with Gasteiger partial charge in [-0.15, -0.1) is 0 Å². The van der Waals surface area contributed by atoms with Crippen LogP contribution in [0.3, 0.4) is 0 Å². The number of nitriles is 1. The van der Waals surface area contributed by atoms with E-state index in [0.717, 1.165) is 0 Å². The van der Waals surface area contributed by atoms with Crippen molar-refractivity contribution < 1.29 is 13.9 Å². The quantitative estimate of drug-likeness (QED) is 0.732. The summed E-state index contributed by atoms with van der Waals surface area (Å²) >= 11 is 0. The van der Waals surface area contributed by atoms with Crippen LogP contribution in [0.2, 0.25) is 0 Å². The number of aliphatic hydroxyl groups is 1. The summed E-state index contributed by atoms with van der Waals surface area (Å²) < 4.78 is 32.1. The lowest BCUT2D eigenvalue weighted by Gasteiger charge is -2.26. The Bertz CT molecular complexity index is 1200. The van der Waals surface area contributed by atoms with Gasteiger partial charge in [-0.05, 0) is 19.4 Å². The van der Waals surface area contributed by atoms with Gasteiger partial charge in [-0.3, -0.25) is 0 Å². The van der Waals surface area contributed by atoms with Crippen molar-refractivity contribution in [1.29, 1.82) is 5.26 Å². The first kappa shape index (κ1) is 18.9. The Hall–Kier alpha value is -3.44. The molecular weight excluding hydrogens is 376 g/mol. The Morgan fingerprint density at radius 1 is 1.24 bits per heavy atom. The van der Waals surface area contributed by atoms with E-state index in [1.807, 2.05) is 0 Å². The molecular formula is C21H17F2N5O. The number of benzene rings is 1. The highest BCUT2D eigenvalue weighted by Gasteiger charge is 2.41. The molecule has 0 fully saturated rings. The second-order valence-corrected chi connectivity index (χ2v) is 7.35. The minimum absolute atomic E-state index is 0.0881. The lowest BCUT2D eigenvalue weighted by molar-refractivity contribution is 0.0734. The number of aromatic nitrogens is 4. The summed E-state index contributed by atoms with van der Waals surface area (Å²) in [5.74, 6) is -0.673. The van der Waals surface area contributed by atoms with E-state index in [9.17, 15) is 10.4 Å². The summed E-state index contributed by atoms with van der Waals surface area (Å²) in [5.41, 5.74) is -3.02. The van der Waals surface area contributed by atoms with E-state index in [0.29, 0.717) is 11.3 Å². The van der Waals surface area contributed by atoms with Gasteiger partial charge < -0.3 is 5.11 Å². The summed E-state index contributed by atoms with van der Waals surface area (Å²) in [6.45, 7) is 3.14. The monoisotopic (exact) mass is 393 g/mol. The number of alkyl halides is 1. The van der Waals surface area contributed by atoms with Gasteiger partial charge in [-0.25, -0.2) is 18.7 Å². The number of hydrogen-bond acceptors (Lipinski definition) is 5. The number of halogens is 2. The summed E-state index contributed by atoms with van der Waals surface area (Å²) in [6, 6.07) is 9.77. The van der Waals surface area contributed by atoms with Gasteiger partial charge >= 0.3 is 0 Å². The Labute approximate surface area is 165 Å². The minimum atomic E-state index is -2.48. The molecule has 0 amide bonds. The first-order valence-electron chi connectivity index (χ1n) is 8.95. The van der Waals surface area contributed by atoms with Crippen LogP contribution in [-0.2, 0) is 5.60 Å². The van der Waals surface area contributed by atoms with E-state index in [1.54, 1.807) is 50.2 Å². The number of fused-ring (bicyclic) bond motifs is 1. The molecule has 29 heavy (non-hydrogen) atoms. The fourth-order valence-corrected chi connectivity index (χ4v) is 3.28. The lowest BCUT2D eigenvalue weighted by Crippen LogP contribution is -2.26. The molecule has 1 aromatic carbocycles. The van der Waals surface area contributed by atoms with Gasteiger partial charge in [0.2, 0.25) is 5.67 Å². The van der Waals surface area contributed by atoms with Gasteiger partial charge in [0.05, 0.1) is 23.8 Å². The maximum absolute atomic E-state index is 15.5. The largest absolute Gasteiger partial charge is 0.384 e. The van der Waals surface area contributed by atoms with Crippen LogP contribution in [0.1, 0.15) is 37.2 Å². The number of nitrogens with zero attached hydrogens (tertiary/aromatic N) is 5. The average Bonchev–Trinajstić information content (AvgIpc) is 3.11. The molecule has 6 nitrogen and oxygen atoms in total. The lowest BCUT2D eigenvalue weighted by atomic mass is 9.81. The molecule has 1 unspecified atom stereocenters. The van der Waals surface area contributed by atoms with Crippen molar-refractivity contribution in [3.05, 3.63) is 71.6 Å². The van der Waals surface area contributed by atoms with Crippen molar-refractivity contribution in [2.75, 3.05) is 0 Å². The third-order valence-corrected chi connectivity index (χ3v) is 4.82. The number of hydrogen-bond donors (Lipinski definition) is 1. The summed E-state index contributed by atoms with van der Waals surface area (Å²) in [6.07, 6.45) is 3.78. The fourth-order valence-electron chi connectivity index (χ4n) is 3.28. The standard InChI is InChI=1S/C21H17F2N5O/c1-20(2,29)16-11-26-28-15(10-25-19(28)27-16)14-8-9-21(23,12-24)17(18(14)22)13-6-4-3-5-7-13/h3-8,10-11,29H,9H2,1-2H3. The van der Waals surface area contributed by atoms with E-state index in [1.165, 1.54) is 23.0 Å². The molecule has 2 heterocycles. The second-order valence-electron chi connectivity index (χ2n) is 7.35. The second kappa shape index (κ2) is 6.57. The SMILES string of the molecule is CC(C)(O)c1cnn2c(C3=CCC(F)(C#N)C(c4ccccc4)=C3F)cnc2n1. The Kier molecular flexibility index (Phi) is 4.28.